The Morgan fingerprint density at radius 1 is 1.60 bits per heavy atom. The van der Waals surface area contributed by atoms with E-state index in [0.717, 1.165) is 0 Å². The van der Waals surface area contributed by atoms with E-state index in [1.807, 2.05) is 6.07 Å². The summed E-state index contributed by atoms with van der Waals surface area (Å²) in [4.78, 5) is 0. The van der Waals surface area contributed by atoms with Crippen molar-refractivity contribution in [2.24, 2.45) is 5.73 Å². The highest BCUT2D eigenvalue weighted by molar-refractivity contribution is 5.28. The zero-order valence-electron chi connectivity index (χ0n) is 8.53. The number of nitrogens with zero attached hydrogens (tertiary/aromatic N) is 1. The van der Waals surface area contributed by atoms with Crippen molar-refractivity contribution in [3.8, 4) is 11.8 Å². The molecule has 1 atom stereocenters. The van der Waals surface area contributed by atoms with E-state index >= 15 is 0 Å². The summed E-state index contributed by atoms with van der Waals surface area (Å²) in [7, 11) is 0. The fraction of sp³-hybridized carbons (Fsp3) is 0.364. The molecular weight excluding hydrogens is 195 g/mol. The lowest BCUT2D eigenvalue weighted by Crippen LogP contribution is -2.20. The van der Waals surface area contributed by atoms with Crippen LogP contribution in [0, 0.1) is 24.1 Å². The molecule has 0 heterocycles. The van der Waals surface area contributed by atoms with Gasteiger partial charge in [-0.15, -0.1) is 0 Å². The van der Waals surface area contributed by atoms with Gasteiger partial charge in [0.25, 0.3) is 0 Å². The number of halogens is 1. The Morgan fingerprint density at radius 3 is 2.93 bits per heavy atom. The average Bonchev–Trinajstić information content (AvgIpc) is 2.23. The molecule has 0 radical (unpaired) electrons. The van der Waals surface area contributed by atoms with Gasteiger partial charge in [-0.3, -0.25) is 0 Å². The quantitative estimate of drug-likeness (QED) is 0.820. The SMILES string of the molecule is Cc1cc(OCCC(N)C#N)ccc1F. The monoisotopic (exact) mass is 208 g/mol. The fourth-order valence-electron chi connectivity index (χ4n) is 1.08. The summed E-state index contributed by atoms with van der Waals surface area (Å²) in [5, 5.41) is 8.43. The summed E-state index contributed by atoms with van der Waals surface area (Å²) in [6.45, 7) is 2.03. The predicted octanol–water partition coefficient (Wildman–Crippen LogP) is 1.75. The number of nitriles is 1. The third kappa shape index (κ3) is 3.56. The highest BCUT2D eigenvalue weighted by atomic mass is 19.1. The van der Waals surface area contributed by atoms with Crippen molar-refractivity contribution in [3.63, 3.8) is 0 Å². The molecule has 80 valence electrons. The molecule has 1 unspecified atom stereocenters. The van der Waals surface area contributed by atoms with Crippen molar-refractivity contribution in [1.82, 2.24) is 0 Å². The largest absolute Gasteiger partial charge is 0.493 e. The van der Waals surface area contributed by atoms with E-state index in [2.05, 4.69) is 0 Å². The van der Waals surface area contributed by atoms with Crippen LogP contribution in [0.15, 0.2) is 18.2 Å². The first-order chi connectivity index (χ1) is 7.13. The van der Waals surface area contributed by atoms with E-state index < -0.39 is 6.04 Å². The fourth-order valence-corrected chi connectivity index (χ4v) is 1.08. The van der Waals surface area contributed by atoms with Gasteiger partial charge in [-0.2, -0.15) is 5.26 Å². The minimum absolute atomic E-state index is 0.254. The zero-order chi connectivity index (χ0) is 11.3. The molecular formula is C11H13FN2O. The topological polar surface area (TPSA) is 59.0 Å². The van der Waals surface area contributed by atoms with Crippen LogP contribution in [0.25, 0.3) is 0 Å². The van der Waals surface area contributed by atoms with Crippen molar-refractivity contribution in [3.05, 3.63) is 29.6 Å². The molecule has 0 aliphatic heterocycles. The van der Waals surface area contributed by atoms with Gasteiger partial charge in [-0.1, -0.05) is 0 Å². The van der Waals surface area contributed by atoms with Crippen LogP contribution >= 0.6 is 0 Å². The van der Waals surface area contributed by atoms with E-state index in [9.17, 15) is 4.39 Å². The number of hydrogen-bond acceptors (Lipinski definition) is 3. The van der Waals surface area contributed by atoms with Gasteiger partial charge < -0.3 is 10.5 Å². The third-order valence-corrected chi connectivity index (χ3v) is 1.99. The van der Waals surface area contributed by atoms with Crippen LogP contribution in [-0.4, -0.2) is 12.6 Å². The third-order valence-electron chi connectivity index (χ3n) is 1.99. The van der Waals surface area contributed by atoms with Crippen molar-refractivity contribution in [1.29, 1.82) is 5.26 Å². The molecule has 0 aliphatic carbocycles. The summed E-state index contributed by atoms with van der Waals surface area (Å²) < 4.78 is 18.2. The zero-order valence-corrected chi connectivity index (χ0v) is 8.53. The first-order valence-electron chi connectivity index (χ1n) is 4.67. The second-order valence-electron chi connectivity index (χ2n) is 3.28. The van der Waals surface area contributed by atoms with Crippen molar-refractivity contribution >= 4 is 0 Å². The summed E-state index contributed by atoms with van der Waals surface area (Å²) in [6, 6.07) is 5.93. The smallest absolute Gasteiger partial charge is 0.126 e. The summed E-state index contributed by atoms with van der Waals surface area (Å²) >= 11 is 0. The van der Waals surface area contributed by atoms with Crippen LogP contribution in [0.4, 0.5) is 4.39 Å². The van der Waals surface area contributed by atoms with Gasteiger partial charge in [-0.25, -0.2) is 4.39 Å². The van der Waals surface area contributed by atoms with Gasteiger partial charge in [-0.05, 0) is 30.7 Å². The Bertz CT molecular complexity index is 373. The minimum atomic E-state index is -0.508. The molecule has 0 amide bonds. The van der Waals surface area contributed by atoms with Gasteiger partial charge in [0.15, 0.2) is 0 Å². The molecule has 15 heavy (non-hydrogen) atoms. The average molecular weight is 208 g/mol. The van der Waals surface area contributed by atoms with E-state index in [0.29, 0.717) is 24.3 Å². The first-order valence-corrected chi connectivity index (χ1v) is 4.67. The van der Waals surface area contributed by atoms with E-state index in [4.69, 9.17) is 15.7 Å². The Hall–Kier alpha value is -1.60. The number of rotatable bonds is 4. The number of hydrogen-bond donors (Lipinski definition) is 1. The maximum Gasteiger partial charge on any atom is 0.126 e. The van der Waals surface area contributed by atoms with E-state index in [1.54, 1.807) is 19.1 Å². The van der Waals surface area contributed by atoms with Crippen molar-refractivity contribution < 1.29 is 9.13 Å². The van der Waals surface area contributed by atoms with Crippen LogP contribution < -0.4 is 10.5 Å². The molecule has 0 saturated heterocycles. The van der Waals surface area contributed by atoms with Crippen LogP contribution in [0.5, 0.6) is 5.75 Å². The van der Waals surface area contributed by atoms with Crippen molar-refractivity contribution in [2.75, 3.05) is 6.61 Å². The maximum absolute atomic E-state index is 12.9. The minimum Gasteiger partial charge on any atom is -0.493 e. The molecule has 1 rings (SSSR count). The highest BCUT2D eigenvalue weighted by Crippen LogP contribution is 2.15. The van der Waals surface area contributed by atoms with Crippen LogP contribution in [0.3, 0.4) is 0 Å². The van der Waals surface area contributed by atoms with E-state index in [-0.39, 0.29) is 5.82 Å². The molecule has 0 saturated carbocycles. The Balaban J connectivity index is 2.45. The molecule has 2 N–H and O–H groups in total. The van der Waals surface area contributed by atoms with Gasteiger partial charge in [0, 0.05) is 6.42 Å². The molecule has 0 aromatic heterocycles. The van der Waals surface area contributed by atoms with Gasteiger partial charge >= 0.3 is 0 Å². The molecule has 0 bridgehead atoms. The van der Waals surface area contributed by atoms with Crippen LogP contribution in [0.2, 0.25) is 0 Å². The Labute approximate surface area is 88.3 Å². The summed E-state index contributed by atoms with van der Waals surface area (Å²) in [5.41, 5.74) is 5.93. The highest BCUT2D eigenvalue weighted by Gasteiger charge is 2.02. The summed E-state index contributed by atoms with van der Waals surface area (Å²) in [5.74, 6) is 0.343. The maximum atomic E-state index is 12.9. The number of ether oxygens (including phenoxy) is 1. The summed E-state index contributed by atoms with van der Waals surface area (Å²) in [6.07, 6.45) is 0.465. The normalized spacial score (nSPS) is 11.9. The Kier molecular flexibility index (Phi) is 4.07. The van der Waals surface area contributed by atoms with Crippen LogP contribution in [-0.2, 0) is 0 Å². The van der Waals surface area contributed by atoms with Crippen molar-refractivity contribution in [2.45, 2.75) is 19.4 Å². The molecule has 0 spiro atoms. The van der Waals surface area contributed by atoms with E-state index in [1.165, 1.54) is 6.07 Å². The number of nitrogens with two attached hydrogens (primary N) is 1. The molecule has 4 heteroatoms. The molecule has 1 aromatic carbocycles. The first kappa shape index (κ1) is 11.5. The molecule has 0 fully saturated rings. The standard InChI is InChI=1S/C11H13FN2O/c1-8-6-10(2-3-11(8)12)15-5-4-9(14)7-13/h2-3,6,9H,4-5,14H2,1H3. The van der Waals surface area contributed by atoms with Gasteiger partial charge in [0.2, 0.25) is 0 Å². The predicted molar refractivity (Wildman–Crippen MR) is 54.8 cm³/mol. The van der Waals surface area contributed by atoms with Gasteiger partial charge in [0.1, 0.15) is 11.6 Å². The molecule has 3 nitrogen and oxygen atoms in total. The second kappa shape index (κ2) is 5.32. The molecule has 1 aromatic rings. The lowest BCUT2D eigenvalue weighted by Gasteiger charge is -2.07. The molecule has 0 aliphatic rings. The second-order valence-corrected chi connectivity index (χ2v) is 3.28. The lowest BCUT2D eigenvalue weighted by molar-refractivity contribution is 0.305. The van der Waals surface area contributed by atoms with Gasteiger partial charge in [0.05, 0.1) is 18.7 Å². The Morgan fingerprint density at radius 2 is 2.33 bits per heavy atom. The number of aryl methyl sites for hydroxylation is 1. The number of benzene rings is 1. The lowest BCUT2D eigenvalue weighted by atomic mass is 10.2. The van der Waals surface area contributed by atoms with Crippen LogP contribution in [0.1, 0.15) is 12.0 Å².